The zero-order valence-corrected chi connectivity index (χ0v) is 13.0. The van der Waals surface area contributed by atoms with E-state index in [-0.39, 0.29) is 6.10 Å². The molecular weight excluding hydrogens is 238 g/mol. The van der Waals surface area contributed by atoms with Crippen molar-refractivity contribution >= 4 is 0 Å². The Kier molecular flexibility index (Phi) is 7.10. The van der Waals surface area contributed by atoms with Crippen LogP contribution < -0.4 is 5.32 Å². The molecule has 0 aliphatic heterocycles. The molecule has 110 valence electrons. The van der Waals surface area contributed by atoms with Gasteiger partial charge in [-0.1, -0.05) is 20.8 Å². The first kappa shape index (κ1) is 16.2. The van der Waals surface area contributed by atoms with Crippen LogP contribution >= 0.6 is 0 Å². The van der Waals surface area contributed by atoms with Crippen molar-refractivity contribution in [2.75, 3.05) is 13.2 Å². The van der Waals surface area contributed by atoms with Crippen LogP contribution in [0.3, 0.4) is 0 Å². The van der Waals surface area contributed by atoms with Crippen LogP contribution in [0.4, 0.5) is 0 Å². The summed E-state index contributed by atoms with van der Waals surface area (Å²) in [5, 5.41) is 7.80. The van der Waals surface area contributed by atoms with Gasteiger partial charge in [-0.2, -0.15) is 5.10 Å². The summed E-state index contributed by atoms with van der Waals surface area (Å²) in [6.07, 6.45) is 4.25. The Morgan fingerprint density at radius 3 is 2.58 bits per heavy atom. The molecule has 0 fully saturated rings. The van der Waals surface area contributed by atoms with Crippen molar-refractivity contribution in [3.05, 3.63) is 18.0 Å². The molecule has 1 N–H and O–H groups in total. The molecule has 0 aliphatic rings. The first-order valence-electron chi connectivity index (χ1n) is 7.42. The van der Waals surface area contributed by atoms with E-state index in [9.17, 15) is 0 Å². The topological polar surface area (TPSA) is 39.1 Å². The molecule has 2 unspecified atom stereocenters. The largest absolute Gasteiger partial charge is 0.377 e. The van der Waals surface area contributed by atoms with Gasteiger partial charge >= 0.3 is 0 Å². The first-order valence-corrected chi connectivity index (χ1v) is 7.42. The number of likely N-dealkylation sites (N-methyl/N-ethyl adjacent to an activating group) is 1. The molecule has 0 aromatic carbocycles. The van der Waals surface area contributed by atoms with Gasteiger partial charge in [0.2, 0.25) is 0 Å². The molecule has 0 aliphatic carbocycles. The Morgan fingerprint density at radius 2 is 2.11 bits per heavy atom. The highest BCUT2D eigenvalue weighted by molar-refractivity contribution is 5.01. The molecule has 0 saturated carbocycles. The van der Waals surface area contributed by atoms with Gasteiger partial charge in [0.15, 0.2) is 0 Å². The number of nitrogens with one attached hydrogen (secondary N) is 1. The first-order chi connectivity index (χ1) is 9.10. The van der Waals surface area contributed by atoms with Crippen LogP contribution in [0.25, 0.3) is 0 Å². The lowest BCUT2D eigenvalue weighted by Crippen LogP contribution is -2.44. The number of ether oxygens (including phenoxy) is 1. The molecule has 0 spiro atoms. The van der Waals surface area contributed by atoms with Crippen molar-refractivity contribution in [1.29, 1.82) is 0 Å². The summed E-state index contributed by atoms with van der Waals surface area (Å²) >= 11 is 0. The van der Waals surface area contributed by atoms with Crippen molar-refractivity contribution in [2.24, 2.45) is 13.0 Å². The molecule has 0 saturated heterocycles. The summed E-state index contributed by atoms with van der Waals surface area (Å²) in [6, 6.07) is 2.49. The van der Waals surface area contributed by atoms with Crippen LogP contribution in [0.15, 0.2) is 12.3 Å². The average Bonchev–Trinajstić information content (AvgIpc) is 2.77. The molecule has 2 atom stereocenters. The van der Waals surface area contributed by atoms with Crippen LogP contribution in [-0.2, 0) is 18.2 Å². The molecule has 1 rings (SSSR count). The number of rotatable bonds is 9. The highest BCUT2D eigenvalue weighted by Gasteiger charge is 2.24. The molecule has 1 aromatic heterocycles. The second-order valence-electron chi connectivity index (χ2n) is 5.31. The Balaban J connectivity index is 2.62. The second kappa shape index (κ2) is 8.33. The van der Waals surface area contributed by atoms with E-state index >= 15 is 0 Å². The van der Waals surface area contributed by atoms with Crippen LogP contribution in [0.1, 0.15) is 39.8 Å². The minimum atomic E-state index is 0.276. The third-order valence-corrected chi connectivity index (χ3v) is 3.51. The summed E-state index contributed by atoms with van der Waals surface area (Å²) in [7, 11) is 2.00. The summed E-state index contributed by atoms with van der Waals surface area (Å²) < 4.78 is 7.89. The molecule has 4 heteroatoms. The molecule has 1 aromatic rings. The lowest BCUT2D eigenvalue weighted by Gasteiger charge is -2.30. The molecule has 4 nitrogen and oxygen atoms in total. The summed E-state index contributed by atoms with van der Waals surface area (Å²) in [5.41, 5.74) is 1.28. The normalized spacial score (nSPS) is 14.8. The average molecular weight is 267 g/mol. The fourth-order valence-electron chi connectivity index (χ4n) is 2.56. The molecule has 1 heterocycles. The standard InChI is InChI=1S/C15H29N3O/c1-6-16-14(15(12(3)4)19-7-2)9-8-13-10-11-17-18(13)5/h10-12,14-16H,6-9H2,1-5H3. The lowest BCUT2D eigenvalue weighted by molar-refractivity contribution is 0.00184. The van der Waals surface area contributed by atoms with Gasteiger partial charge < -0.3 is 10.1 Å². The van der Waals surface area contributed by atoms with E-state index in [0.717, 1.165) is 26.0 Å². The highest BCUT2D eigenvalue weighted by Crippen LogP contribution is 2.16. The van der Waals surface area contributed by atoms with Crippen LogP contribution in [0.2, 0.25) is 0 Å². The number of hydrogen-bond acceptors (Lipinski definition) is 3. The van der Waals surface area contributed by atoms with E-state index in [0.29, 0.717) is 12.0 Å². The minimum Gasteiger partial charge on any atom is -0.377 e. The Labute approximate surface area is 117 Å². The third-order valence-electron chi connectivity index (χ3n) is 3.51. The van der Waals surface area contributed by atoms with Gasteiger partial charge in [0, 0.05) is 31.6 Å². The summed E-state index contributed by atoms with van der Waals surface area (Å²) in [5.74, 6) is 0.524. The number of hydrogen-bond donors (Lipinski definition) is 1. The maximum absolute atomic E-state index is 5.93. The predicted molar refractivity (Wildman–Crippen MR) is 79.2 cm³/mol. The zero-order chi connectivity index (χ0) is 14.3. The fourth-order valence-corrected chi connectivity index (χ4v) is 2.56. The van der Waals surface area contributed by atoms with E-state index in [1.807, 2.05) is 17.9 Å². The van der Waals surface area contributed by atoms with Crippen molar-refractivity contribution in [3.8, 4) is 0 Å². The maximum atomic E-state index is 5.93. The molecular formula is C15H29N3O. The van der Waals surface area contributed by atoms with Crippen LogP contribution in [0, 0.1) is 5.92 Å². The van der Waals surface area contributed by atoms with E-state index in [1.54, 1.807) is 0 Å². The smallest absolute Gasteiger partial charge is 0.0750 e. The Bertz CT molecular complexity index is 349. The van der Waals surface area contributed by atoms with Gasteiger partial charge in [-0.05, 0) is 38.3 Å². The maximum Gasteiger partial charge on any atom is 0.0750 e. The number of aromatic nitrogens is 2. The lowest BCUT2D eigenvalue weighted by atomic mass is 9.95. The third kappa shape index (κ3) is 4.96. The van der Waals surface area contributed by atoms with Gasteiger partial charge in [0.05, 0.1) is 6.10 Å². The molecule has 0 amide bonds. The monoisotopic (exact) mass is 267 g/mol. The van der Waals surface area contributed by atoms with Crippen molar-refractivity contribution in [3.63, 3.8) is 0 Å². The fraction of sp³-hybridized carbons (Fsp3) is 0.800. The van der Waals surface area contributed by atoms with Crippen molar-refractivity contribution < 1.29 is 4.74 Å². The quantitative estimate of drug-likeness (QED) is 0.746. The number of aryl methyl sites for hydroxylation is 2. The van der Waals surface area contributed by atoms with Gasteiger partial charge in [-0.15, -0.1) is 0 Å². The molecule has 19 heavy (non-hydrogen) atoms. The molecule has 0 radical (unpaired) electrons. The summed E-state index contributed by atoms with van der Waals surface area (Å²) in [6.45, 7) is 10.4. The zero-order valence-electron chi connectivity index (χ0n) is 13.0. The Morgan fingerprint density at radius 1 is 1.37 bits per heavy atom. The number of nitrogens with zero attached hydrogens (tertiary/aromatic N) is 2. The van der Waals surface area contributed by atoms with Gasteiger partial charge in [-0.3, -0.25) is 4.68 Å². The van der Waals surface area contributed by atoms with E-state index < -0.39 is 0 Å². The van der Waals surface area contributed by atoms with Crippen molar-refractivity contribution in [2.45, 2.75) is 52.7 Å². The summed E-state index contributed by atoms with van der Waals surface area (Å²) in [4.78, 5) is 0. The SMILES string of the molecule is CCNC(CCc1ccnn1C)C(OCC)C(C)C. The van der Waals surface area contributed by atoms with E-state index in [4.69, 9.17) is 4.74 Å². The van der Waals surface area contributed by atoms with E-state index in [1.165, 1.54) is 5.69 Å². The van der Waals surface area contributed by atoms with Crippen molar-refractivity contribution in [1.82, 2.24) is 15.1 Å². The Hall–Kier alpha value is -0.870. The van der Waals surface area contributed by atoms with Gasteiger partial charge in [-0.25, -0.2) is 0 Å². The minimum absolute atomic E-state index is 0.276. The highest BCUT2D eigenvalue weighted by atomic mass is 16.5. The van der Waals surface area contributed by atoms with Crippen LogP contribution in [-0.4, -0.2) is 35.1 Å². The van der Waals surface area contributed by atoms with E-state index in [2.05, 4.69) is 44.2 Å². The van der Waals surface area contributed by atoms with Gasteiger partial charge in [0.25, 0.3) is 0 Å². The van der Waals surface area contributed by atoms with Gasteiger partial charge in [0.1, 0.15) is 0 Å². The van der Waals surface area contributed by atoms with Crippen LogP contribution in [0.5, 0.6) is 0 Å². The molecule has 0 bridgehead atoms. The predicted octanol–water partition coefficient (Wildman–Crippen LogP) is 2.39. The second-order valence-corrected chi connectivity index (χ2v) is 5.31.